The van der Waals surface area contributed by atoms with Gasteiger partial charge in [-0.15, -0.1) is 0 Å². The smallest absolute Gasteiger partial charge is 0.223 e. The Kier molecular flexibility index (Phi) is 5.35. The van der Waals surface area contributed by atoms with E-state index in [0.717, 1.165) is 51.7 Å². The monoisotopic (exact) mass is 348 g/mol. The zero-order valence-electron chi connectivity index (χ0n) is 16.1. The molecule has 4 fully saturated rings. The van der Waals surface area contributed by atoms with Gasteiger partial charge in [0.05, 0.1) is 0 Å². The summed E-state index contributed by atoms with van der Waals surface area (Å²) >= 11 is 0. The largest absolute Gasteiger partial charge is 0.342 e. The maximum Gasteiger partial charge on any atom is 0.223 e. The number of amides is 1. The Morgan fingerprint density at radius 3 is 2.52 bits per heavy atom. The van der Waals surface area contributed by atoms with Crippen LogP contribution in [0.5, 0.6) is 0 Å². The average molecular weight is 349 g/mol. The van der Waals surface area contributed by atoms with Gasteiger partial charge in [0, 0.05) is 70.7 Å². The predicted molar refractivity (Wildman–Crippen MR) is 101 cm³/mol. The lowest BCUT2D eigenvalue weighted by Crippen LogP contribution is -2.47. The molecule has 0 aromatic rings. The maximum absolute atomic E-state index is 12.7. The molecule has 5 heteroatoms. The lowest BCUT2D eigenvalue weighted by molar-refractivity contribution is -0.131. The summed E-state index contributed by atoms with van der Waals surface area (Å²) in [5.41, 5.74) is 0.413. The fourth-order valence-corrected chi connectivity index (χ4v) is 5.10. The topological polar surface area (TPSA) is 30.0 Å². The van der Waals surface area contributed by atoms with Crippen LogP contribution in [0, 0.1) is 11.3 Å². The molecule has 1 spiro atoms. The number of nitrogens with zero attached hydrogens (tertiary/aromatic N) is 4. The van der Waals surface area contributed by atoms with Crippen LogP contribution in [-0.2, 0) is 4.79 Å². The molecule has 0 aromatic carbocycles. The summed E-state index contributed by atoms with van der Waals surface area (Å²) in [6.45, 7) is 11.3. The molecule has 1 unspecified atom stereocenters. The van der Waals surface area contributed by atoms with E-state index in [-0.39, 0.29) is 0 Å². The van der Waals surface area contributed by atoms with Gasteiger partial charge in [-0.05, 0) is 51.6 Å². The van der Waals surface area contributed by atoms with Gasteiger partial charge in [0.15, 0.2) is 0 Å². The third-order valence-electron chi connectivity index (χ3n) is 6.98. The highest BCUT2D eigenvalue weighted by Gasteiger charge is 2.43. The molecule has 4 aliphatic rings. The minimum atomic E-state index is 0.398. The molecular weight excluding hydrogens is 312 g/mol. The fourth-order valence-electron chi connectivity index (χ4n) is 5.10. The van der Waals surface area contributed by atoms with Crippen LogP contribution in [0.1, 0.15) is 38.5 Å². The third-order valence-corrected chi connectivity index (χ3v) is 6.98. The molecule has 3 aliphatic heterocycles. The molecule has 3 heterocycles. The van der Waals surface area contributed by atoms with E-state index in [2.05, 4.69) is 26.6 Å². The summed E-state index contributed by atoms with van der Waals surface area (Å²) in [6.07, 6.45) is 7.49. The number of hydrogen-bond donors (Lipinski definition) is 0. The summed E-state index contributed by atoms with van der Waals surface area (Å²) in [5.74, 6) is 1.38. The molecule has 0 N–H and O–H groups in total. The summed E-state index contributed by atoms with van der Waals surface area (Å²) in [4.78, 5) is 22.5. The molecule has 5 nitrogen and oxygen atoms in total. The number of rotatable bonds is 5. The van der Waals surface area contributed by atoms with Crippen molar-refractivity contribution in [2.45, 2.75) is 38.5 Å². The van der Waals surface area contributed by atoms with Gasteiger partial charge in [0.1, 0.15) is 0 Å². The number of carbonyl (C=O) groups is 1. The van der Waals surface area contributed by atoms with E-state index < -0.39 is 0 Å². The van der Waals surface area contributed by atoms with Crippen LogP contribution < -0.4 is 0 Å². The highest BCUT2D eigenvalue weighted by atomic mass is 16.2. The van der Waals surface area contributed by atoms with Crippen LogP contribution in [0.25, 0.3) is 0 Å². The number of carbonyl (C=O) groups excluding carboxylic acids is 1. The molecule has 1 atom stereocenters. The molecule has 4 rings (SSSR count). The minimum absolute atomic E-state index is 0.398. The number of piperidine rings is 1. The Morgan fingerprint density at radius 1 is 0.960 bits per heavy atom. The highest BCUT2D eigenvalue weighted by molar-refractivity contribution is 5.76. The van der Waals surface area contributed by atoms with E-state index in [1.54, 1.807) is 0 Å². The highest BCUT2D eigenvalue weighted by Crippen LogP contribution is 2.40. The minimum Gasteiger partial charge on any atom is -0.342 e. The molecule has 1 amide bonds. The second-order valence-electron chi connectivity index (χ2n) is 9.24. The van der Waals surface area contributed by atoms with Crippen molar-refractivity contribution in [3.63, 3.8) is 0 Å². The van der Waals surface area contributed by atoms with Crippen molar-refractivity contribution in [1.29, 1.82) is 0 Å². The van der Waals surface area contributed by atoms with Crippen molar-refractivity contribution in [3.05, 3.63) is 0 Å². The first kappa shape index (κ1) is 17.7. The van der Waals surface area contributed by atoms with Crippen molar-refractivity contribution < 1.29 is 4.79 Å². The number of likely N-dealkylation sites (N-methyl/N-ethyl adjacent to an activating group) is 1. The quantitative estimate of drug-likeness (QED) is 0.750. The lowest BCUT2D eigenvalue weighted by Gasteiger charge is -2.40. The van der Waals surface area contributed by atoms with E-state index in [1.165, 1.54) is 51.7 Å². The van der Waals surface area contributed by atoms with Crippen molar-refractivity contribution in [1.82, 2.24) is 19.6 Å². The zero-order valence-corrected chi connectivity index (χ0v) is 16.1. The van der Waals surface area contributed by atoms with Gasteiger partial charge in [-0.1, -0.05) is 0 Å². The number of likely N-dealkylation sites (tertiary alicyclic amines) is 2. The molecule has 0 bridgehead atoms. The second-order valence-corrected chi connectivity index (χ2v) is 9.24. The van der Waals surface area contributed by atoms with Crippen LogP contribution in [0.4, 0.5) is 0 Å². The molecule has 25 heavy (non-hydrogen) atoms. The molecule has 1 saturated carbocycles. The zero-order chi connectivity index (χ0) is 17.3. The van der Waals surface area contributed by atoms with E-state index in [9.17, 15) is 4.79 Å². The molecule has 0 radical (unpaired) electrons. The summed E-state index contributed by atoms with van der Waals surface area (Å²) in [6, 6.07) is 0. The normalized spacial score (nSPS) is 32.6. The molecule has 142 valence electrons. The Balaban J connectivity index is 1.23. The molecular formula is C20H36N4O. The SMILES string of the molecule is CN1CCN(CCC(=O)N2CCC3(CCCN(CC4CC4)C3)C2)CC1. The molecule has 1 aliphatic carbocycles. The van der Waals surface area contributed by atoms with Gasteiger partial charge in [-0.2, -0.15) is 0 Å². The first-order chi connectivity index (χ1) is 12.1. The number of piperazine rings is 1. The third kappa shape index (κ3) is 4.55. The van der Waals surface area contributed by atoms with Gasteiger partial charge >= 0.3 is 0 Å². The first-order valence-electron chi connectivity index (χ1n) is 10.5. The van der Waals surface area contributed by atoms with E-state index >= 15 is 0 Å². The molecule has 3 saturated heterocycles. The standard InChI is InChI=1S/C20H36N4O/c1-21-11-13-22(14-12-21)9-5-19(25)24-10-7-20(17-24)6-2-8-23(16-20)15-18-3-4-18/h18H,2-17H2,1H3. The van der Waals surface area contributed by atoms with Crippen LogP contribution in [0.2, 0.25) is 0 Å². The predicted octanol–water partition coefficient (Wildman–Crippen LogP) is 1.35. The van der Waals surface area contributed by atoms with Gasteiger partial charge in [-0.3, -0.25) is 4.79 Å². The lowest BCUT2D eigenvalue weighted by atomic mass is 9.79. The van der Waals surface area contributed by atoms with Crippen LogP contribution in [0.15, 0.2) is 0 Å². The summed E-state index contributed by atoms with van der Waals surface area (Å²) in [5, 5.41) is 0. The molecule has 0 aromatic heterocycles. The summed E-state index contributed by atoms with van der Waals surface area (Å²) < 4.78 is 0. The van der Waals surface area contributed by atoms with E-state index in [0.29, 0.717) is 17.7 Å². The van der Waals surface area contributed by atoms with Crippen LogP contribution in [-0.4, -0.2) is 98.0 Å². The van der Waals surface area contributed by atoms with E-state index in [4.69, 9.17) is 0 Å². The average Bonchev–Trinajstić information content (AvgIpc) is 3.33. The maximum atomic E-state index is 12.7. The van der Waals surface area contributed by atoms with Crippen molar-refractivity contribution >= 4 is 5.91 Å². The first-order valence-corrected chi connectivity index (χ1v) is 10.5. The Morgan fingerprint density at radius 2 is 1.76 bits per heavy atom. The van der Waals surface area contributed by atoms with Crippen LogP contribution in [0.3, 0.4) is 0 Å². The van der Waals surface area contributed by atoms with Gasteiger partial charge in [-0.25, -0.2) is 0 Å². The number of hydrogen-bond acceptors (Lipinski definition) is 4. The van der Waals surface area contributed by atoms with Crippen molar-refractivity contribution in [2.24, 2.45) is 11.3 Å². The van der Waals surface area contributed by atoms with Gasteiger partial charge in [0.2, 0.25) is 5.91 Å². The van der Waals surface area contributed by atoms with Crippen molar-refractivity contribution in [3.8, 4) is 0 Å². The van der Waals surface area contributed by atoms with Gasteiger partial charge < -0.3 is 19.6 Å². The van der Waals surface area contributed by atoms with Crippen molar-refractivity contribution in [2.75, 3.05) is 72.5 Å². The Bertz CT molecular complexity index is 472. The Hall–Kier alpha value is -0.650. The van der Waals surface area contributed by atoms with E-state index in [1.807, 2.05) is 0 Å². The summed E-state index contributed by atoms with van der Waals surface area (Å²) in [7, 11) is 2.18. The van der Waals surface area contributed by atoms with Crippen LogP contribution >= 0.6 is 0 Å². The second kappa shape index (κ2) is 7.53. The fraction of sp³-hybridized carbons (Fsp3) is 0.950. The Labute approximate surface area is 153 Å². The van der Waals surface area contributed by atoms with Gasteiger partial charge in [0.25, 0.3) is 0 Å².